The molecule has 1 aliphatic heterocycles. The number of benzene rings is 2. The highest BCUT2D eigenvalue weighted by atomic mass is 35.5. The van der Waals surface area contributed by atoms with Crippen LogP contribution in [0.3, 0.4) is 0 Å². The minimum atomic E-state index is -3.63. The molecule has 0 saturated carbocycles. The molecule has 0 spiro atoms. The van der Waals surface area contributed by atoms with Gasteiger partial charge in [-0.1, -0.05) is 24.9 Å². The Kier molecular flexibility index (Phi) is 6.74. The third-order valence-electron chi connectivity index (χ3n) is 5.16. The predicted octanol–water partition coefficient (Wildman–Crippen LogP) is 4.45. The Balaban J connectivity index is 1.79. The van der Waals surface area contributed by atoms with Gasteiger partial charge in [0.05, 0.1) is 9.82 Å². The number of hydrogen-bond donors (Lipinski definition) is 1. The Labute approximate surface area is 180 Å². The first-order valence-corrected chi connectivity index (χ1v) is 11.4. The molecule has 1 N–H and O–H groups in total. The number of anilines is 1. The van der Waals surface area contributed by atoms with Gasteiger partial charge < -0.3 is 5.32 Å². The van der Waals surface area contributed by atoms with Gasteiger partial charge in [-0.25, -0.2) is 8.42 Å². The van der Waals surface area contributed by atoms with Crippen molar-refractivity contribution in [1.29, 1.82) is 0 Å². The van der Waals surface area contributed by atoms with Crippen LogP contribution in [0.4, 0.5) is 11.4 Å². The number of nitrogens with zero attached hydrogens (tertiary/aromatic N) is 2. The fraction of sp³-hybridized carbons (Fsp3) is 0.350. The van der Waals surface area contributed by atoms with Crippen LogP contribution >= 0.6 is 11.6 Å². The summed E-state index contributed by atoms with van der Waals surface area (Å²) in [7, 11) is -3.63. The summed E-state index contributed by atoms with van der Waals surface area (Å²) in [5, 5.41) is 13.9. The summed E-state index contributed by atoms with van der Waals surface area (Å²) in [6.07, 6.45) is 3.47. The molecule has 1 atom stereocenters. The van der Waals surface area contributed by atoms with Crippen molar-refractivity contribution >= 4 is 38.9 Å². The Morgan fingerprint density at radius 1 is 1.23 bits per heavy atom. The minimum Gasteiger partial charge on any atom is -0.322 e. The SMILES string of the molecule is CCC1CCCCN1S(=O)(=O)c1ccc(NC(=O)c2ccc(Cl)cc2[N+](=O)[O-])cc1. The van der Waals surface area contributed by atoms with E-state index in [1.165, 1.54) is 36.4 Å². The topological polar surface area (TPSA) is 110 Å². The molecule has 0 bridgehead atoms. The second-order valence-corrected chi connectivity index (χ2v) is 9.40. The molecule has 1 saturated heterocycles. The van der Waals surface area contributed by atoms with E-state index in [4.69, 9.17) is 11.6 Å². The average Bonchev–Trinajstić information content (AvgIpc) is 2.73. The van der Waals surface area contributed by atoms with Gasteiger partial charge in [-0.05, 0) is 55.7 Å². The van der Waals surface area contributed by atoms with E-state index in [2.05, 4.69) is 5.32 Å². The smallest absolute Gasteiger partial charge is 0.283 e. The number of sulfonamides is 1. The van der Waals surface area contributed by atoms with Gasteiger partial charge in [-0.3, -0.25) is 14.9 Å². The zero-order valence-electron chi connectivity index (χ0n) is 16.4. The third-order valence-corrected chi connectivity index (χ3v) is 7.37. The highest BCUT2D eigenvalue weighted by Gasteiger charge is 2.32. The van der Waals surface area contributed by atoms with Crippen LogP contribution in [-0.2, 0) is 10.0 Å². The number of rotatable bonds is 6. The lowest BCUT2D eigenvalue weighted by atomic mass is 10.0. The van der Waals surface area contributed by atoms with Crippen LogP contribution in [0.1, 0.15) is 43.0 Å². The molecule has 8 nitrogen and oxygen atoms in total. The first kappa shape index (κ1) is 22.2. The molecule has 160 valence electrons. The van der Waals surface area contributed by atoms with Gasteiger partial charge in [0.2, 0.25) is 10.0 Å². The number of nitro groups is 1. The number of carbonyl (C=O) groups excluding carboxylic acids is 1. The summed E-state index contributed by atoms with van der Waals surface area (Å²) >= 11 is 5.77. The molecule has 30 heavy (non-hydrogen) atoms. The maximum Gasteiger partial charge on any atom is 0.283 e. The van der Waals surface area contributed by atoms with Crippen LogP contribution in [0.5, 0.6) is 0 Å². The fourth-order valence-corrected chi connectivity index (χ4v) is 5.52. The highest BCUT2D eigenvalue weighted by Crippen LogP contribution is 2.28. The number of hydrogen-bond acceptors (Lipinski definition) is 5. The van der Waals surface area contributed by atoms with E-state index in [1.54, 1.807) is 4.31 Å². The molecule has 0 aliphatic carbocycles. The number of halogens is 1. The van der Waals surface area contributed by atoms with Crippen molar-refractivity contribution in [2.24, 2.45) is 0 Å². The van der Waals surface area contributed by atoms with E-state index in [0.29, 0.717) is 12.2 Å². The zero-order valence-corrected chi connectivity index (χ0v) is 17.9. The van der Waals surface area contributed by atoms with E-state index in [1.807, 2.05) is 6.92 Å². The molecule has 1 amide bonds. The van der Waals surface area contributed by atoms with E-state index in [9.17, 15) is 23.3 Å². The molecule has 10 heteroatoms. The van der Waals surface area contributed by atoms with Gasteiger partial charge in [0, 0.05) is 29.4 Å². The number of carbonyl (C=O) groups is 1. The van der Waals surface area contributed by atoms with Crippen LogP contribution in [-0.4, -0.2) is 36.1 Å². The van der Waals surface area contributed by atoms with Crippen molar-refractivity contribution in [3.63, 3.8) is 0 Å². The molecule has 1 aliphatic rings. The van der Waals surface area contributed by atoms with Gasteiger partial charge >= 0.3 is 0 Å². The maximum absolute atomic E-state index is 13.0. The normalized spacial score (nSPS) is 17.5. The first-order valence-electron chi connectivity index (χ1n) is 9.61. The lowest BCUT2D eigenvalue weighted by molar-refractivity contribution is -0.385. The molecule has 2 aromatic carbocycles. The Morgan fingerprint density at radius 2 is 1.93 bits per heavy atom. The van der Waals surface area contributed by atoms with Crippen molar-refractivity contribution in [1.82, 2.24) is 4.31 Å². The van der Waals surface area contributed by atoms with Gasteiger partial charge in [-0.2, -0.15) is 4.31 Å². The zero-order chi connectivity index (χ0) is 21.9. The predicted molar refractivity (Wildman–Crippen MR) is 114 cm³/mol. The van der Waals surface area contributed by atoms with Crippen LogP contribution in [0.15, 0.2) is 47.4 Å². The molecular weight excluding hydrogens is 430 g/mol. The van der Waals surface area contributed by atoms with Gasteiger partial charge in [-0.15, -0.1) is 0 Å². The molecular formula is C20H22ClN3O5S. The highest BCUT2D eigenvalue weighted by molar-refractivity contribution is 7.89. The molecule has 1 fully saturated rings. The van der Waals surface area contributed by atoms with Crippen LogP contribution < -0.4 is 5.32 Å². The maximum atomic E-state index is 13.0. The number of nitrogens with one attached hydrogen (secondary N) is 1. The second-order valence-electron chi connectivity index (χ2n) is 7.07. The van der Waals surface area contributed by atoms with Crippen molar-refractivity contribution < 1.29 is 18.1 Å². The van der Waals surface area contributed by atoms with E-state index < -0.39 is 26.5 Å². The molecule has 1 unspecified atom stereocenters. The molecule has 0 radical (unpaired) electrons. The molecule has 2 aromatic rings. The lowest BCUT2D eigenvalue weighted by Gasteiger charge is -2.34. The molecule has 1 heterocycles. The Bertz CT molecular complexity index is 1060. The summed E-state index contributed by atoms with van der Waals surface area (Å²) in [6.45, 7) is 2.48. The van der Waals surface area contributed by atoms with Crippen LogP contribution in [0, 0.1) is 10.1 Å². The summed E-state index contributed by atoms with van der Waals surface area (Å²) in [5.74, 6) is -0.684. The van der Waals surface area contributed by atoms with Gasteiger partial charge in [0.15, 0.2) is 0 Å². The number of amides is 1. The monoisotopic (exact) mass is 451 g/mol. The van der Waals surface area contributed by atoms with Crippen molar-refractivity contribution in [2.75, 3.05) is 11.9 Å². The largest absolute Gasteiger partial charge is 0.322 e. The van der Waals surface area contributed by atoms with Crippen LogP contribution in [0.2, 0.25) is 5.02 Å². The average molecular weight is 452 g/mol. The number of nitro benzene ring substituents is 1. The van der Waals surface area contributed by atoms with E-state index >= 15 is 0 Å². The molecule has 3 rings (SSSR count). The summed E-state index contributed by atoms with van der Waals surface area (Å²) in [5.41, 5.74) is -0.219. The number of piperidine rings is 1. The Hall–Kier alpha value is -2.49. The Morgan fingerprint density at radius 3 is 2.57 bits per heavy atom. The van der Waals surface area contributed by atoms with Gasteiger partial charge in [0.25, 0.3) is 11.6 Å². The quantitative estimate of drug-likeness (QED) is 0.515. The summed E-state index contributed by atoms with van der Waals surface area (Å²) in [6, 6.07) is 9.57. The van der Waals surface area contributed by atoms with Crippen LogP contribution in [0.25, 0.3) is 0 Å². The standard InChI is InChI=1S/C20H22ClN3O5S/c1-2-16-5-3-4-12-23(16)30(28,29)17-9-7-15(8-10-17)22-20(25)18-11-6-14(21)13-19(18)24(26)27/h6-11,13,16H,2-5,12H2,1H3,(H,22,25). The summed E-state index contributed by atoms with van der Waals surface area (Å²) in [4.78, 5) is 23.1. The van der Waals surface area contributed by atoms with Crippen molar-refractivity contribution in [3.8, 4) is 0 Å². The second kappa shape index (κ2) is 9.11. The first-order chi connectivity index (χ1) is 14.2. The third kappa shape index (κ3) is 4.63. The van der Waals surface area contributed by atoms with Gasteiger partial charge in [0.1, 0.15) is 5.56 Å². The lowest BCUT2D eigenvalue weighted by Crippen LogP contribution is -2.43. The molecule has 0 aromatic heterocycles. The van der Waals surface area contributed by atoms with E-state index in [-0.39, 0.29) is 21.5 Å². The van der Waals surface area contributed by atoms with E-state index in [0.717, 1.165) is 31.7 Å². The minimum absolute atomic E-state index is 0.00594. The fourth-order valence-electron chi connectivity index (χ4n) is 3.59. The van der Waals surface area contributed by atoms with Crippen molar-refractivity contribution in [3.05, 3.63) is 63.2 Å². The summed E-state index contributed by atoms with van der Waals surface area (Å²) < 4.78 is 27.6. The van der Waals surface area contributed by atoms with Crippen molar-refractivity contribution in [2.45, 2.75) is 43.5 Å².